The summed E-state index contributed by atoms with van der Waals surface area (Å²) < 4.78 is 3.26. The summed E-state index contributed by atoms with van der Waals surface area (Å²) in [6.45, 7) is 5.95. The second-order valence-electron chi connectivity index (χ2n) is 5.31. The number of hydrogen-bond donors (Lipinski definition) is 0. The molecule has 0 spiro atoms. The maximum absolute atomic E-state index is 12.6. The molecule has 0 atom stereocenters. The molecule has 0 amide bonds. The fraction of sp³-hybridized carbons (Fsp3) is 0.267. The number of rotatable bonds is 2. The molecule has 0 aliphatic carbocycles. The minimum Gasteiger partial charge on any atom is -0.280 e. The van der Waals surface area contributed by atoms with Gasteiger partial charge >= 0.3 is 5.56 Å². The molecular weight excluding hydrogens is 288 g/mol. The third-order valence-electron chi connectivity index (χ3n) is 3.45. The average molecular weight is 303 g/mol. The first kappa shape index (κ1) is 13.8. The van der Waals surface area contributed by atoms with E-state index >= 15 is 0 Å². The summed E-state index contributed by atoms with van der Waals surface area (Å²) in [4.78, 5) is 12.6. The smallest absolute Gasteiger partial charge is 0.280 e. The van der Waals surface area contributed by atoms with Crippen molar-refractivity contribution in [1.29, 1.82) is 0 Å². The first-order chi connectivity index (χ1) is 9.99. The molecule has 3 rings (SSSR count). The standard InChI is InChI=1S/C15H15ClN4O/c1-9(2)13-17-18-14-15(21)19(6-7-20(13)14)11-5-4-10(3)12(16)8-11/h4-9H,1-3H3. The molecule has 0 fully saturated rings. The van der Waals surface area contributed by atoms with Gasteiger partial charge in [0.05, 0.1) is 5.69 Å². The molecule has 0 N–H and O–H groups in total. The molecule has 108 valence electrons. The number of benzene rings is 1. The zero-order valence-corrected chi connectivity index (χ0v) is 12.8. The number of nitrogens with zero attached hydrogens (tertiary/aromatic N) is 4. The van der Waals surface area contributed by atoms with Crippen molar-refractivity contribution in [3.05, 3.63) is 57.4 Å². The summed E-state index contributed by atoms with van der Waals surface area (Å²) in [6, 6.07) is 5.52. The van der Waals surface area contributed by atoms with Gasteiger partial charge in [-0.15, -0.1) is 10.2 Å². The van der Waals surface area contributed by atoms with Crippen LogP contribution in [0.2, 0.25) is 5.02 Å². The number of aryl methyl sites for hydroxylation is 1. The Bertz CT molecular complexity index is 879. The van der Waals surface area contributed by atoms with Gasteiger partial charge in [0.2, 0.25) is 5.65 Å². The van der Waals surface area contributed by atoms with Crippen molar-refractivity contribution in [2.75, 3.05) is 0 Å². The third-order valence-corrected chi connectivity index (χ3v) is 3.85. The number of halogens is 1. The monoisotopic (exact) mass is 302 g/mol. The highest BCUT2D eigenvalue weighted by molar-refractivity contribution is 6.31. The van der Waals surface area contributed by atoms with Crippen LogP contribution in [0.5, 0.6) is 0 Å². The Morgan fingerprint density at radius 3 is 2.62 bits per heavy atom. The Kier molecular flexibility index (Phi) is 3.29. The van der Waals surface area contributed by atoms with Crippen molar-refractivity contribution >= 4 is 17.2 Å². The average Bonchev–Trinajstić information content (AvgIpc) is 2.87. The van der Waals surface area contributed by atoms with Crippen LogP contribution in [0.4, 0.5) is 0 Å². The zero-order chi connectivity index (χ0) is 15.1. The molecule has 0 aliphatic rings. The van der Waals surface area contributed by atoms with Crippen molar-refractivity contribution in [1.82, 2.24) is 19.2 Å². The summed E-state index contributed by atoms with van der Waals surface area (Å²) in [6.07, 6.45) is 3.52. The molecule has 0 unspecified atom stereocenters. The van der Waals surface area contributed by atoms with Gasteiger partial charge < -0.3 is 0 Å². The van der Waals surface area contributed by atoms with Gasteiger partial charge in [-0.05, 0) is 24.6 Å². The van der Waals surface area contributed by atoms with Crippen LogP contribution in [-0.2, 0) is 0 Å². The van der Waals surface area contributed by atoms with Gasteiger partial charge in [-0.1, -0.05) is 31.5 Å². The highest BCUT2D eigenvalue weighted by Gasteiger charge is 2.13. The Labute approximate surface area is 126 Å². The van der Waals surface area contributed by atoms with E-state index < -0.39 is 0 Å². The second kappa shape index (κ2) is 5.00. The molecule has 0 saturated carbocycles. The fourth-order valence-corrected chi connectivity index (χ4v) is 2.41. The molecule has 0 radical (unpaired) electrons. The fourth-order valence-electron chi connectivity index (χ4n) is 2.23. The first-order valence-electron chi connectivity index (χ1n) is 6.72. The maximum Gasteiger partial charge on any atom is 0.300 e. The summed E-state index contributed by atoms with van der Waals surface area (Å²) in [5.41, 5.74) is 1.79. The van der Waals surface area contributed by atoms with Crippen LogP contribution in [0.25, 0.3) is 11.3 Å². The molecule has 6 heteroatoms. The first-order valence-corrected chi connectivity index (χ1v) is 7.09. The van der Waals surface area contributed by atoms with Crippen molar-refractivity contribution in [3.8, 4) is 5.69 Å². The number of aromatic nitrogens is 4. The predicted molar refractivity (Wildman–Crippen MR) is 82.4 cm³/mol. The van der Waals surface area contributed by atoms with E-state index in [0.29, 0.717) is 16.4 Å². The minimum atomic E-state index is -0.211. The van der Waals surface area contributed by atoms with Crippen molar-refractivity contribution in [2.45, 2.75) is 26.7 Å². The van der Waals surface area contributed by atoms with E-state index in [-0.39, 0.29) is 11.5 Å². The van der Waals surface area contributed by atoms with Gasteiger partial charge in [0.25, 0.3) is 0 Å². The quantitative estimate of drug-likeness (QED) is 0.731. The van der Waals surface area contributed by atoms with Crippen LogP contribution in [0.3, 0.4) is 0 Å². The molecule has 21 heavy (non-hydrogen) atoms. The van der Waals surface area contributed by atoms with Gasteiger partial charge in [-0.3, -0.25) is 13.8 Å². The van der Waals surface area contributed by atoms with Crippen molar-refractivity contribution in [3.63, 3.8) is 0 Å². The molecule has 0 saturated heterocycles. The largest absolute Gasteiger partial charge is 0.300 e. The molecule has 0 aliphatic heterocycles. The Hall–Kier alpha value is -2.14. The molecule has 0 bridgehead atoms. The molecule has 1 aromatic carbocycles. The normalized spacial score (nSPS) is 11.5. The highest BCUT2D eigenvalue weighted by atomic mass is 35.5. The Morgan fingerprint density at radius 2 is 1.95 bits per heavy atom. The highest BCUT2D eigenvalue weighted by Crippen LogP contribution is 2.19. The van der Waals surface area contributed by atoms with E-state index in [1.54, 1.807) is 22.9 Å². The van der Waals surface area contributed by atoms with E-state index in [1.165, 1.54) is 4.57 Å². The summed E-state index contributed by atoms with van der Waals surface area (Å²) >= 11 is 6.13. The molecule has 3 aromatic rings. The number of fused-ring (bicyclic) bond motifs is 1. The molecule has 2 aromatic heterocycles. The van der Waals surface area contributed by atoms with Crippen molar-refractivity contribution < 1.29 is 0 Å². The topological polar surface area (TPSA) is 52.2 Å². The van der Waals surface area contributed by atoms with Gasteiger partial charge in [0.15, 0.2) is 0 Å². The van der Waals surface area contributed by atoms with E-state index in [9.17, 15) is 4.79 Å². The lowest BCUT2D eigenvalue weighted by Crippen LogP contribution is -2.20. The predicted octanol–water partition coefficient (Wildman–Crippen LogP) is 2.97. The van der Waals surface area contributed by atoms with Crippen LogP contribution < -0.4 is 5.56 Å². The summed E-state index contributed by atoms with van der Waals surface area (Å²) in [5, 5.41) is 8.74. The SMILES string of the molecule is Cc1ccc(-n2ccn3c(C(C)C)nnc3c2=O)cc1Cl. The Morgan fingerprint density at radius 1 is 1.19 bits per heavy atom. The van der Waals surface area contributed by atoms with Gasteiger partial charge in [-0.2, -0.15) is 0 Å². The molecular formula is C15H15ClN4O. The van der Waals surface area contributed by atoms with Crippen LogP contribution in [0.1, 0.15) is 31.2 Å². The number of hydrogen-bond acceptors (Lipinski definition) is 3. The summed E-state index contributed by atoms with van der Waals surface area (Å²) in [5.74, 6) is 0.972. The minimum absolute atomic E-state index is 0.198. The summed E-state index contributed by atoms with van der Waals surface area (Å²) in [7, 11) is 0. The van der Waals surface area contributed by atoms with Crippen LogP contribution in [0.15, 0.2) is 35.4 Å². The van der Waals surface area contributed by atoms with Gasteiger partial charge in [0.1, 0.15) is 5.82 Å². The van der Waals surface area contributed by atoms with E-state index in [4.69, 9.17) is 11.6 Å². The van der Waals surface area contributed by atoms with Crippen LogP contribution >= 0.6 is 11.6 Å². The lowest BCUT2D eigenvalue weighted by atomic mass is 10.2. The second-order valence-corrected chi connectivity index (χ2v) is 5.72. The molecule has 5 nitrogen and oxygen atoms in total. The lowest BCUT2D eigenvalue weighted by molar-refractivity contribution is 0.756. The molecule has 2 heterocycles. The van der Waals surface area contributed by atoms with Crippen LogP contribution in [-0.4, -0.2) is 19.2 Å². The van der Waals surface area contributed by atoms with Crippen LogP contribution in [0, 0.1) is 6.92 Å². The van der Waals surface area contributed by atoms with E-state index in [0.717, 1.165) is 11.4 Å². The lowest BCUT2D eigenvalue weighted by Gasteiger charge is -2.08. The van der Waals surface area contributed by atoms with Crippen molar-refractivity contribution in [2.24, 2.45) is 0 Å². The third kappa shape index (κ3) is 2.23. The maximum atomic E-state index is 12.6. The van der Waals surface area contributed by atoms with Gasteiger partial charge in [0, 0.05) is 23.3 Å². The Balaban J connectivity index is 2.23. The zero-order valence-electron chi connectivity index (χ0n) is 12.0. The van der Waals surface area contributed by atoms with E-state index in [1.807, 2.05) is 32.9 Å². The van der Waals surface area contributed by atoms with Gasteiger partial charge in [-0.25, -0.2) is 0 Å². The van der Waals surface area contributed by atoms with E-state index in [2.05, 4.69) is 10.2 Å².